The number of benzene rings is 1. The highest BCUT2D eigenvalue weighted by atomic mass is 15.1. The van der Waals surface area contributed by atoms with E-state index >= 15 is 0 Å². The number of hydrogen-bond acceptors (Lipinski definition) is 2. The van der Waals surface area contributed by atoms with Crippen molar-refractivity contribution in [1.29, 1.82) is 0 Å². The second kappa shape index (κ2) is 6.61. The molecule has 0 aliphatic carbocycles. The van der Waals surface area contributed by atoms with Gasteiger partial charge in [-0.05, 0) is 43.0 Å². The maximum absolute atomic E-state index is 4.80. The molecule has 0 atom stereocenters. The van der Waals surface area contributed by atoms with Crippen LogP contribution >= 0.6 is 0 Å². The normalized spacial score (nSPS) is 12.5. The Labute approximate surface area is 128 Å². The molecule has 0 saturated carbocycles. The molecule has 116 valence electrons. The zero-order valence-electron chi connectivity index (χ0n) is 14.1. The Balaban J connectivity index is 1.99. The minimum absolute atomic E-state index is 0.263. The molecule has 0 radical (unpaired) electrons. The highest BCUT2D eigenvalue weighted by molar-refractivity contribution is 5.75. The number of nitrogens with zero attached hydrogens (tertiary/aromatic N) is 2. The summed E-state index contributed by atoms with van der Waals surface area (Å²) >= 11 is 0. The molecule has 0 fully saturated rings. The average molecular weight is 287 g/mol. The van der Waals surface area contributed by atoms with Crippen LogP contribution in [0.2, 0.25) is 0 Å². The monoisotopic (exact) mass is 287 g/mol. The van der Waals surface area contributed by atoms with Gasteiger partial charge in [0.1, 0.15) is 5.82 Å². The van der Waals surface area contributed by atoms with Crippen LogP contribution in [0.1, 0.15) is 39.9 Å². The van der Waals surface area contributed by atoms with Crippen LogP contribution in [0.15, 0.2) is 24.3 Å². The van der Waals surface area contributed by atoms with Crippen LogP contribution < -0.4 is 5.32 Å². The lowest BCUT2D eigenvalue weighted by Crippen LogP contribution is -2.27. The van der Waals surface area contributed by atoms with Gasteiger partial charge in [0.2, 0.25) is 0 Å². The minimum Gasteiger partial charge on any atom is -0.331 e. The van der Waals surface area contributed by atoms with Crippen molar-refractivity contribution in [1.82, 2.24) is 14.9 Å². The predicted molar refractivity (Wildman–Crippen MR) is 90.5 cm³/mol. The van der Waals surface area contributed by atoms with E-state index in [1.165, 1.54) is 17.8 Å². The van der Waals surface area contributed by atoms with E-state index in [0.29, 0.717) is 5.92 Å². The van der Waals surface area contributed by atoms with Gasteiger partial charge in [0.05, 0.1) is 11.0 Å². The summed E-state index contributed by atoms with van der Waals surface area (Å²) < 4.78 is 2.23. The van der Waals surface area contributed by atoms with E-state index < -0.39 is 0 Å². The van der Waals surface area contributed by atoms with Crippen LogP contribution in [0.25, 0.3) is 11.0 Å². The third-order valence-corrected chi connectivity index (χ3v) is 4.05. The second-order valence-electron chi connectivity index (χ2n) is 7.26. The zero-order chi connectivity index (χ0) is 15.5. The molecule has 0 unspecified atom stereocenters. The van der Waals surface area contributed by atoms with Crippen LogP contribution in [-0.2, 0) is 13.5 Å². The summed E-state index contributed by atoms with van der Waals surface area (Å²) in [7, 11) is 2.12. The lowest BCUT2D eigenvalue weighted by atomic mass is 9.85. The summed E-state index contributed by atoms with van der Waals surface area (Å²) in [5, 5.41) is 3.54. The van der Waals surface area contributed by atoms with E-state index in [9.17, 15) is 0 Å². The van der Waals surface area contributed by atoms with E-state index in [4.69, 9.17) is 4.98 Å². The lowest BCUT2D eigenvalue weighted by molar-refractivity contribution is 0.313. The quantitative estimate of drug-likeness (QED) is 0.785. The summed E-state index contributed by atoms with van der Waals surface area (Å²) in [6.45, 7) is 11.3. The lowest BCUT2D eigenvalue weighted by Gasteiger charge is -2.24. The van der Waals surface area contributed by atoms with Crippen LogP contribution in [0.4, 0.5) is 0 Å². The number of para-hydroxylation sites is 2. The van der Waals surface area contributed by atoms with Crippen molar-refractivity contribution in [2.24, 2.45) is 18.4 Å². The first kappa shape index (κ1) is 16.0. The fraction of sp³-hybridized carbons (Fsp3) is 0.611. The summed E-state index contributed by atoms with van der Waals surface area (Å²) in [6, 6.07) is 8.37. The predicted octanol–water partition coefficient (Wildman–Crippen LogP) is 3.78. The molecule has 0 aliphatic heterocycles. The van der Waals surface area contributed by atoms with E-state index in [0.717, 1.165) is 25.0 Å². The summed E-state index contributed by atoms with van der Waals surface area (Å²) in [4.78, 5) is 4.80. The summed E-state index contributed by atoms with van der Waals surface area (Å²) in [5.41, 5.74) is 2.59. The topological polar surface area (TPSA) is 29.9 Å². The molecular formula is C18H29N3. The molecule has 1 heterocycles. The molecule has 0 spiro atoms. The van der Waals surface area contributed by atoms with Gasteiger partial charge in [0.25, 0.3) is 0 Å². The number of fused-ring (bicyclic) bond motifs is 1. The Hall–Kier alpha value is -1.35. The molecule has 0 amide bonds. The molecule has 1 aromatic carbocycles. The van der Waals surface area contributed by atoms with Gasteiger partial charge < -0.3 is 9.88 Å². The molecule has 21 heavy (non-hydrogen) atoms. The first-order valence-electron chi connectivity index (χ1n) is 8.00. The van der Waals surface area contributed by atoms with Gasteiger partial charge >= 0.3 is 0 Å². The molecule has 3 nitrogen and oxygen atoms in total. The van der Waals surface area contributed by atoms with E-state index in [1.54, 1.807) is 0 Å². The summed E-state index contributed by atoms with van der Waals surface area (Å²) in [6.07, 6.45) is 2.18. The average Bonchev–Trinajstić information content (AvgIpc) is 2.71. The van der Waals surface area contributed by atoms with Gasteiger partial charge in [0.15, 0.2) is 0 Å². The van der Waals surface area contributed by atoms with Crippen LogP contribution in [0, 0.1) is 11.3 Å². The van der Waals surface area contributed by atoms with Crippen molar-refractivity contribution in [2.75, 3.05) is 13.1 Å². The maximum Gasteiger partial charge on any atom is 0.110 e. The third kappa shape index (κ3) is 4.31. The van der Waals surface area contributed by atoms with Gasteiger partial charge in [-0.15, -0.1) is 0 Å². The van der Waals surface area contributed by atoms with Gasteiger partial charge in [0, 0.05) is 13.5 Å². The molecular weight excluding hydrogens is 258 g/mol. The Morgan fingerprint density at radius 2 is 1.95 bits per heavy atom. The minimum atomic E-state index is 0.263. The number of nitrogens with one attached hydrogen (secondary N) is 1. The third-order valence-electron chi connectivity index (χ3n) is 4.05. The highest BCUT2D eigenvalue weighted by Gasteiger charge is 2.21. The molecule has 2 aromatic rings. The summed E-state index contributed by atoms with van der Waals surface area (Å²) in [5.74, 6) is 1.90. The number of aromatic nitrogens is 2. The number of hydrogen-bond donors (Lipinski definition) is 1. The Morgan fingerprint density at radius 3 is 2.62 bits per heavy atom. The van der Waals surface area contributed by atoms with E-state index in [1.807, 2.05) is 0 Å². The second-order valence-corrected chi connectivity index (χ2v) is 7.26. The van der Waals surface area contributed by atoms with Crippen LogP contribution in [0.3, 0.4) is 0 Å². The van der Waals surface area contributed by atoms with Crippen molar-refractivity contribution in [3.05, 3.63) is 30.1 Å². The fourth-order valence-corrected chi connectivity index (χ4v) is 2.69. The fourth-order valence-electron chi connectivity index (χ4n) is 2.69. The van der Waals surface area contributed by atoms with E-state index in [2.05, 4.69) is 68.9 Å². The maximum atomic E-state index is 4.80. The SMILES string of the molecule is CC(C)CNCCC(C)(C)Cc1nc2ccccc2n1C. The van der Waals surface area contributed by atoms with Crippen molar-refractivity contribution in [3.8, 4) is 0 Å². The van der Waals surface area contributed by atoms with Crippen molar-refractivity contribution in [2.45, 2.75) is 40.5 Å². The van der Waals surface area contributed by atoms with Crippen LogP contribution in [-0.4, -0.2) is 22.6 Å². The van der Waals surface area contributed by atoms with Gasteiger partial charge in [-0.2, -0.15) is 0 Å². The van der Waals surface area contributed by atoms with Gasteiger partial charge in [-0.3, -0.25) is 0 Å². The number of aryl methyl sites for hydroxylation is 1. The standard InChI is InChI=1S/C18H29N3/c1-14(2)13-19-11-10-18(3,4)12-17-20-15-8-6-7-9-16(15)21(17)5/h6-9,14,19H,10-13H2,1-5H3. The Morgan fingerprint density at radius 1 is 1.24 bits per heavy atom. The Bertz CT molecular complexity index is 581. The smallest absolute Gasteiger partial charge is 0.110 e. The number of imidazole rings is 1. The van der Waals surface area contributed by atoms with Crippen molar-refractivity contribution < 1.29 is 0 Å². The molecule has 2 rings (SSSR count). The van der Waals surface area contributed by atoms with Crippen LogP contribution in [0.5, 0.6) is 0 Å². The molecule has 3 heteroatoms. The van der Waals surface area contributed by atoms with E-state index in [-0.39, 0.29) is 5.41 Å². The highest BCUT2D eigenvalue weighted by Crippen LogP contribution is 2.26. The van der Waals surface area contributed by atoms with Crippen molar-refractivity contribution in [3.63, 3.8) is 0 Å². The first-order valence-corrected chi connectivity index (χ1v) is 8.00. The molecule has 0 bridgehead atoms. The first-order chi connectivity index (χ1) is 9.89. The molecule has 0 aliphatic rings. The van der Waals surface area contributed by atoms with Gasteiger partial charge in [-0.1, -0.05) is 39.8 Å². The molecule has 1 N–H and O–H groups in total. The Kier molecular flexibility index (Phi) is 5.04. The largest absolute Gasteiger partial charge is 0.331 e. The van der Waals surface area contributed by atoms with Gasteiger partial charge in [-0.25, -0.2) is 4.98 Å². The molecule has 0 saturated heterocycles. The number of rotatable bonds is 7. The van der Waals surface area contributed by atoms with Crippen molar-refractivity contribution >= 4 is 11.0 Å². The zero-order valence-corrected chi connectivity index (χ0v) is 14.1. The molecule has 1 aromatic heterocycles.